The minimum Gasteiger partial charge on any atom is -0.445 e. The molecule has 1 amide bonds. The third kappa shape index (κ3) is 2.65. The van der Waals surface area contributed by atoms with Gasteiger partial charge in [0, 0.05) is 19.6 Å². The molecule has 0 unspecified atom stereocenters. The Kier molecular flexibility index (Phi) is 2.97. The molecule has 0 aromatic heterocycles. The highest BCUT2D eigenvalue weighted by atomic mass is 19.4. The maximum Gasteiger partial charge on any atom is 0.404 e. The molecule has 2 aliphatic rings. The summed E-state index contributed by atoms with van der Waals surface area (Å²) >= 11 is 0. The van der Waals surface area contributed by atoms with Crippen LogP contribution in [0.4, 0.5) is 18.0 Å². The van der Waals surface area contributed by atoms with E-state index in [2.05, 4.69) is 0 Å². The summed E-state index contributed by atoms with van der Waals surface area (Å²) in [6.07, 6.45) is -4.40. The molecule has 1 aliphatic carbocycles. The number of amides is 1. The first-order chi connectivity index (χ1) is 7.82. The number of halogens is 3. The Labute approximate surface area is 96.9 Å². The lowest BCUT2D eigenvalue weighted by atomic mass is 10.1. The number of rotatable bonds is 3. The summed E-state index contributed by atoms with van der Waals surface area (Å²) in [5.74, 6) is 0. The molecule has 7 heteroatoms. The predicted octanol–water partition coefficient (Wildman–Crippen LogP) is 1.50. The van der Waals surface area contributed by atoms with Crippen LogP contribution in [-0.4, -0.2) is 42.9 Å². The van der Waals surface area contributed by atoms with Crippen LogP contribution in [0.5, 0.6) is 0 Å². The molecule has 0 radical (unpaired) electrons. The van der Waals surface area contributed by atoms with Gasteiger partial charge in [-0.15, -0.1) is 0 Å². The van der Waals surface area contributed by atoms with Gasteiger partial charge >= 0.3 is 12.3 Å². The van der Waals surface area contributed by atoms with E-state index in [4.69, 9.17) is 10.5 Å². The molecule has 4 nitrogen and oxygen atoms in total. The quantitative estimate of drug-likeness (QED) is 0.828. The second-order valence-corrected chi connectivity index (χ2v) is 4.86. The smallest absolute Gasteiger partial charge is 0.404 e. The maximum atomic E-state index is 12.7. The van der Waals surface area contributed by atoms with Crippen molar-refractivity contribution in [2.45, 2.75) is 31.5 Å². The van der Waals surface area contributed by atoms with Crippen molar-refractivity contribution < 1.29 is 22.7 Å². The first kappa shape index (κ1) is 12.5. The van der Waals surface area contributed by atoms with Gasteiger partial charge in [-0.05, 0) is 19.3 Å². The molecule has 98 valence electrons. The Bertz CT molecular complexity index is 315. The van der Waals surface area contributed by atoms with Crippen LogP contribution in [0.3, 0.4) is 0 Å². The van der Waals surface area contributed by atoms with Crippen LogP contribution in [0.1, 0.15) is 19.3 Å². The van der Waals surface area contributed by atoms with Crippen molar-refractivity contribution in [3.63, 3.8) is 0 Å². The monoisotopic (exact) mass is 252 g/mol. The lowest BCUT2D eigenvalue weighted by Crippen LogP contribution is -2.38. The SMILES string of the molecule is NC(=O)O[C@@H]1CCN(CC2(C(F)(F)F)CC2)C1. The first-order valence-corrected chi connectivity index (χ1v) is 5.58. The van der Waals surface area contributed by atoms with Crippen LogP contribution in [-0.2, 0) is 4.74 Å². The summed E-state index contributed by atoms with van der Waals surface area (Å²) < 4.78 is 43.0. The van der Waals surface area contributed by atoms with Crippen molar-refractivity contribution in [2.75, 3.05) is 19.6 Å². The Morgan fingerprint density at radius 1 is 1.47 bits per heavy atom. The fourth-order valence-electron chi connectivity index (χ4n) is 2.31. The zero-order valence-electron chi connectivity index (χ0n) is 9.29. The molecular weight excluding hydrogens is 237 g/mol. The van der Waals surface area contributed by atoms with Crippen molar-refractivity contribution in [1.82, 2.24) is 4.90 Å². The fourth-order valence-corrected chi connectivity index (χ4v) is 2.31. The van der Waals surface area contributed by atoms with Gasteiger partial charge in [-0.25, -0.2) is 4.79 Å². The summed E-state index contributed by atoms with van der Waals surface area (Å²) in [7, 11) is 0. The molecule has 2 fully saturated rings. The number of carbonyl (C=O) groups excluding carboxylic acids is 1. The molecule has 0 aromatic rings. The van der Waals surface area contributed by atoms with Gasteiger partial charge in [0.1, 0.15) is 6.10 Å². The fraction of sp³-hybridized carbons (Fsp3) is 0.900. The van der Waals surface area contributed by atoms with E-state index in [9.17, 15) is 18.0 Å². The molecule has 1 aliphatic heterocycles. The van der Waals surface area contributed by atoms with Crippen molar-refractivity contribution >= 4 is 6.09 Å². The lowest BCUT2D eigenvalue weighted by Gasteiger charge is -2.25. The molecular formula is C10H15F3N2O2. The van der Waals surface area contributed by atoms with Crippen LogP contribution in [0.15, 0.2) is 0 Å². The molecule has 1 saturated heterocycles. The van der Waals surface area contributed by atoms with Gasteiger partial charge in [0.2, 0.25) is 0 Å². The third-order valence-electron chi connectivity index (χ3n) is 3.49. The van der Waals surface area contributed by atoms with E-state index in [0.29, 0.717) is 19.5 Å². The number of primary amides is 1. The number of nitrogens with zero attached hydrogens (tertiary/aromatic N) is 1. The summed E-state index contributed by atoms with van der Waals surface area (Å²) in [6.45, 7) is 0.881. The topological polar surface area (TPSA) is 55.6 Å². The van der Waals surface area contributed by atoms with E-state index >= 15 is 0 Å². The van der Waals surface area contributed by atoms with Crippen molar-refractivity contribution in [2.24, 2.45) is 11.1 Å². The van der Waals surface area contributed by atoms with Crippen LogP contribution in [0.25, 0.3) is 0 Å². The predicted molar refractivity (Wildman–Crippen MR) is 53.2 cm³/mol. The summed E-state index contributed by atoms with van der Waals surface area (Å²) in [6, 6.07) is 0. The lowest BCUT2D eigenvalue weighted by molar-refractivity contribution is -0.191. The van der Waals surface area contributed by atoms with Gasteiger partial charge in [0.05, 0.1) is 5.41 Å². The molecule has 1 saturated carbocycles. The Morgan fingerprint density at radius 2 is 2.12 bits per heavy atom. The molecule has 1 atom stereocenters. The number of carbonyl (C=O) groups is 1. The second-order valence-electron chi connectivity index (χ2n) is 4.86. The minimum atomic E-state index is -4.13. The Balaban J connectivity index is 1.84. The highest BCUT2D eigenvalue weighted by Crippen LogP contribution is 2.58. The highest BCUT2D eigenvalue weighted by Gasteiger charge is 2.63. The van der Waals surface area contributed by atoms with Gasteiger partial charge < -0.3 is 10.5 Å². The number of hydrogen-bond donors (Lipinski definition) is 1. The van der Waals surface area contributed by atoms with E-state index in [1.807, 2.05) is 0 Å². The van der Waals surface area contributed by atoms with Crippen LogP contribution < -0.4 is 5.73 Å². The molecule has 2 rings (SSSR count). The van der Waals surface area contributed by atoms with Gasteiger partial charge in [-0.2, -0.15) is 13.2 Å². The van der Waals surface area contributed by atoms with Crippen LogP contribution in [0, 0.1) is 5.41 Å². The normalized spacial score (nSPS) is 28.1. The molecule has 2 N–H and O–H groups in total. The zero-order chi connectivity index (χ0) is 12.7. The molecule has 17 heavy (non-hydrogen) atoms. The number of nitrogens with two attached hydrogens (primary N) is 1. The Morgan fingerprint density at radius 3 is 2.59 bits per heavy atom. The average Bonchev–Trinajstić information content (AvgIpc) is 2.82. The molecule has 1 heterocycles. The van der Waals surface area contributed by atoms with E-state index in [0.717, 1.165) is 0 Å². The average molecular weight is 252 g/mol. The van der Waals surface area contributed by atoms with Gasteiger partial charge in [0.25, 0.3) is 0 Å². The molecule has 0 aromatic carbocycles. The summed E-state index contributed by atoms with van der Waals surface area (Å²) in [5, 5.41) is 0. The largest absolute Gasteiger partial charge is 0.445 e. The maximum absolute atomic E-state index is 12.7. The third-order valence-corrected chi connectivity index (χ3v) is 3.49. The standard InChI is InChI=1S/C10H15F3N2O2/c11-10(12,13)9(2-3-9)6-15-4-1-7(5-15)17-8(14)16/h7H,1-6H2,(H2,14,16)/t7-/m1/s1. The zero-order valence-corrected chi connectivity index (χ0v) is 9.29. The number of alkyl halides is 3. The number of likely N-dealkylation sites (tertiary alicyclic amines) is 1. The first-order valence-electron chi connectivity index (χ1n) is 5.58. The van der Waals surface area contributed by atoms with Gasteiger partial charge in [-0.1, -0.05) is 0 Å². The van der Waals surface area contributed by atoms with Crippen molar-refractivity contribution in [3.05, 3.63) is 0 Å². The summed E-state index contributed by atoms with van der Waals surface area (Å²) in [5.41, 5.74) is 3.35. The van der Waals surface area contributed by atoms with Gasteiger partial charge in [-0.3, -0.25) is 4.90 Å². The van der Waals surface area contributed by atoms with Crippen LogP contribution in [0.2, 0.25) is 0 Å². The Hall–Kier alpha value is -0.980. The van der Waals surface area contributed by atoms with Crippen molar-refractivity contribution in [3.8, 4) is 0 Å². The van der Waals surface area contributed by atoms with Gasteiger partial charge in [0.15, 0.2) is 0 Å². The number of hydrogen-bond acceptors (Lipinski definition) is 3. The molecule has 0 spiro atoms. The minimum absolute atomic E-state index is 0.00905. The van der Waals surface area contributed by atoms with E-state index in [-0.39, 0.29) is 25.5 Å². The number of ether oxygens (including phenoxy) is 1. The highest BCUT2D eigenvalue weighted by molar-refractivity contribution is 5.64. The van der Waals surface area contributed by atoms with E-state index < -0.39 is 17.7 Å². The van der Waals surface area contributed by atoms with Crippen LogP contribution >= 0.6 is 0 Å². The van der Waals surface area contributed by atoms with Crippen molar-refractivity contribution in [1.29, 1.82) is 0 Å². The van der Waals surface area contributed by atoms with E-state index in [1.54, 1.807) is 4.90 Å². The summed E-state index contributed by atoms with van der Waals surface area (Å²) in [4.78, 5) is 12.2. The van der Waals surface area contributed by atoms with E-state index in [1.165, 1.54) is 0 Å². The second kappa shape index (κ2) is 4.04. The molecule has 0 bridgehead atoms.